The molecule has 1 saturated carbocycles. The number of para-hydroxylation sites is 1. The molecule has 31 heavy (non-hydrogen) atoms. The molecule has 0 aliphatic heterocycles. The van der Waals surface area contributed by atoms with Gasteiger partial charge >= 0.3 is 12.1 Å². The topological polar surface area (TPSA) is 93.7 Å². The third-order valence-corrected chi connectivity index (χ3v) is 4.24. The van der Waals surface area contributed by atoms with Gasteiger partial charge in [0, 0.05) is 6.04 Å². The fourth-order valence-corrected chi connectivity index (χ4v) is 2.56. The summed E-state index contributed by atoms with van der Waals surface area (Å²) in [4.78, 5) is 36.0. The number of benzene rings is 2. The average molecular weight is 436 g/mol. The molecule has 0 radical (unpaired) electrons. The van der Waals surface area contributed by atoms with Crippen molar-refractivity contribution < 1.29 is 37.0 Å². The molecule has 1 aliphatic rings. The summed E-state index contributed by atoms with van der Waals surface area (Å²) in [5, 5.41) is 5.31. The Morgan fingerprint density at radius 1 is 1.00 bits per heavy atom. The first kappa shape index (κ1) is 22.1. The van der Waals surface area contributed by atoms with E-state index in [9.17, 15) is 27.6 Å². The van der Waals surface area contributed by atoms with E-state index in [-0.39, 0.29) is 28.9 Å². The Kier molecular flexibility index (Phi) is 6.78. The van der Waals surface area contributed by atoms with Crippen molar-refractivity contribution in [1.29, 1.82) is 0 Å². The van der Waals surface area contributed by atoms with Crippen LogP contribution in [0.2, 0.25) is 0 Å². The molecule has 0 bridgehead atoms. The number of hydrogen-bond donors (Lipinski definition) is 2. The Labute approximate surface area is 175 Å². The summed E-state index contributed by atoms with van der Waals surface area (Å²) >= 11 is 0. The fourth-order valence-electron chi connectivity index (χ4n) is 2.56. The van der Waals surface area contributed by atoms with Crippen molar-refractivity contribution in [2.75, 3.05) is 18.5 Å². The van der Waals surface area contributed by atoms with E-state index in [0.717, 1.165) is 31.0 Å². The lowest BCUT2D eigenvalue weighted by molar-refractivity contribution is -0.149. The smallest absolute Gasteiger partial charge is 0.416 e. The second kappa shape index (κ2) is 9.50. The van der Waals surface area contributed by atoms with Crippen molar-refractivity contribution in [3.05, 3.63) is 59.7 Å². The molecule has 0 aromatic heterocycles. The molecule has 0 saturated heterocycles. The lowest BCUT2D eigenvalue weighted by Crippen LogP contribution is -2.28. The van der Waals surface area contributed by atoms with Crippen LogP contribution in [0.1, 0.15) is 28.8 Å². The van der Waals surface area contributed by atoms with Gasteiger partial charge < -0.3 is 20.1 Å². The number of halogens is 3. The van der Waals surface area contributed by atoms with Crippen LogP contribution in [0.25, 0.3) is 0 Å². The van der Waals surface area contributed by atoms with Crippen LogP contribution in [0, 0.1) is 0 Å². The van der Waals surface area contributed by atoms with E-state index in [2.05, 4.69) is 10.6 Å². The highest BCUT2D eigenvalue weighted by Gasteiger charge is 2.30. The normalized spacial score (nSPS) is 13.3. The highest BCUT2D eigenvalue weighted by atomic mass is 19.4. The number of nitrogens with one attached hydrogen (secondary N) is 2. The number of ether oxygens (including phenoxy) is 2. The number of rotatable bonds is 8. The molecular weight excluding hydrogens is 417 g/mol. The summed E-state index contributed by atoms with van der Waals surface area (Å²) in [6.07, 6.45) is -2.71. The molecule has 3 rings (SSSR count). The van der Waals surface area contributed by atoms with Crippen LogP contribution in [-0.2, 0) is 20.5 Å². The molecule has 2 aromatic rings. The zero-order chi connectivity index (χ0) is 22.4. The summed E-state index contributed by atoms with van der Waals surface area (Å²) in [7, 11) is 0. The quantitative estimate of drug-likeness (QED) is 0.620. The lowest BCUT2D eigenvalue weighted by Gasteiger charge is -2.12. The molecule has 2 amide bonds. The minimum atomic E-state index is -4.54. The van der Waals surface area contributed by atoms with Crippen LogP contribution >= 0.6 is 0 Å². The second-order valence-electron chi connectivity index (χ2n) is 6.82. The van der Waals surface area contributed by atoms with Crippen LogP contribution in [0.4, 0.5) is 18.9 Å². The van der Waals surface area contributed by atoms with Crippen molar-refractivity contribution in [3.8, 4) is 5.75 Å². The number of esters is 1. The van der Waals surface area contributed by atoms with Crippen molar-refractivity contribution in [2.24, 2.45) is 0 Å². The number of hydrogen-bond acceptors (Lipinski definition) is 5. The van der Waals surface area contributed by atoms with Crippen molar-refractivity contribution in [1.82, 2.24) is 5.32 Å². The number of alkyl halides is 3. The standard InChI is InChI=1S/C21H19F3N2O5/c22-21(23,24)13-4-3-5-15(10-13)30-12-19(28)31-11-18(27)26-17-7-2-1-6-16(17)20(29)25-14-8-9-14/h1-7,10,14H,8-9,11-12H2,(H,25,29)(H,26,27). The minimum absolute atomic E-state index is 0.147. The first-order valence-corrected chi connectivity index (χ1v) is 9.38. The molecule has 164 valence electrons. The van der Waals surface area contributed by atoms with Gasteiger partial charge in [-0.25, -0.2) is 4.79 Å². The van der Waals surface area contributed by atoms with E-state index in [4.69, 9.17) is 9.47 Å². The average Bonchev–Trinajstić information content (AvgIpc) is 3.54. The number of carbonyl (C=O) groups excluding carboxylic acids is 3. The Morgan fingerprint density at radius 2 is 1.74 bits per heavy atom. The van der Waals surface area contributed by atoms with Crippen LogP contribution in [-0.4, -0.2) is 37.0 Å². The van der Waals surface area contributed by atoms with Crippen molar-refractivity contribution in [3.63, 3.8) is 0 Å². The summed E-state index contributed by atoms with van der Waals surface area (Å²) in [5.41, 5.74) is -0.369. The second-order valence-corrected chi connectivity index (χ2v) is 6.82. The molecule has 10 heteroatoms. The monoisotopic (exact) mass is 436 g/mol. The predicted molar refractivity (Wildman–Crippen MR) is 103 cm³/mol. The number of anilines is 1. The third kappa shape index (κ3) is 6.73. The lowest BCUT2D eigenvalue weighted by atomic mass is 10.1. The Balaban J connectivity index is 1.47. The van der Waals surface area contributed by atoms with Gasteiger partial charge in [-0.2, -0.15) is 13.2 Å². The summed E-state index contributed by atoms with van der Waals surface area (Å²) in [6, 6.07) is 10.6. The van der Waals surface area contributed by atoms with E-state index in [1.54, 1.807) is 18.2 Å². The number of amides is 2. The molecule has 2 N–H and O–H groups in total. The van der Waals surface area contributed by atoms with Gasteiger partial charge in [0.1, 0.15) is 5.75 Å². The summed E-state index contributed by atoms with van der Waals surface area (Å²) in [5.74, 6) is -2.09. The molecule has 0 spiro atoms. The van der Waals surface area contributed by atoms with Crippen LogP contribution in [0.15, 0.2) is 48.5 Å². The van der Waals surface area contributed by atoms with Crippen LogP contribution < -0.4 is 15.4 Å². The van der Waals surface area contributed by atoms with Crippen molar-refractivity contribution in [2.45, 2.75) is 25.1 Å². The van der Waals surface area contributed by atoms with E-state index >= 15 is 0 Å². The van der Waals surface area contributed by atoms with Gasteiger partial charge in [-0.15, -0.1) is 0 Å². The molecule has 2 aromatic carbocycles. The highest BCUT2D eigenvalue weighted by molar-refractivity contribution is 6.04. The van der Waals surface area contributed by atoms with E-state index in [0.29, 0.717) is 0 Å². The van der Waals surface area contributed by atoms with Gasteiger partial charge in [0.25, 0.3) is 11.8 Å². The first-order chi connectivity index (χ1) is 14.7. The Bertz CT molecular complexity index is 973. The summed E-state index contributed by atoms with van der Waals surface area (Å²) in [6.45, 7) is -1.32. The van der Waals surface area contributed by atoms with Gasteiger partial charge in [-0.05, 0) is 43.2 Å². The molecule has 1 fully saturated rings. The zero-order valence-electron chi connectivity index (χ0n) is 16.2. The molecule has 0 heterocycles. The molecule has 1 aliphatic carbocycles. The maximum atomic E-state index is 12.7. The van der Waals surface area contributed by atoms with Gasteiger partial charge in [0.15, 0.2) is 13.2 Å². The molecule has 0 unspecified atom stereocenters. The van der Waals surface area contributed by atoms with Crippen molar-refractivity contribution >= 4 is 23.5 Å². The molecule has 7 nitrogen and oxygen atoms in total. The van der Waals surface area contributed by atoms with Gasteiger partial charge in [0.05, 0.1) is 16.8 Å². The first-order valence-electron chi connectivity index (χ1n) is 9.38. The predicted octanol–water partition coefficient (Wildman–Crippen LogP) is 3.16. The van der Waals surface area contributed by atoms with Crippen LogP contribution in [0.3, 0.4) is 0 Å². The molecular formula is C21H19F3N2O5. The van der Waals surface area contributed by atoms with Gasteiger partial charge in [-0.3, -0.25) is 9.59 Å². The SMILES string of the molecule is O=C(COC(=O)COc1cccc(C(F)(F)F)c1)Nc1ccccc1C(=O)NC1CC1. The summed E-state index contributed by atoms with van der Waals surface area (Å²) < 4.78 is 47.8. The van der Waals surface area contributed by atoms with E-state index in [1.807, 2.05) is 0 Å². The number of carbonyl (C=O) groups is 3. The van der Waals surface area contributed by atoms with Crippen LogP contribution in [0.5, 0.6) is 5.75 Å². The Hall–Kier alpha value is -3.56. The maximum Gasteiger partial charge on any atom is 0.416 e. The third-order valence-electron chi connectivity index (χ3n) is 4.24. The zero-order valence-corrected chi connectivity index (χ0v) is 16.2. The van der Waals surface area contributed by atoms with E-state index in [1.165, 1.54) is 12.1 Å². The molecule has 0 atom stereocenters. The minimum Gasteiger partial charge on any atom is -0.482 e. The highest BCUT2D eigenvalue weighted by Crippen LogP contribution is 2.31. The largest absolute Gasteiger partial charge is 0.482 e. The van der Waals surface area contributed by atoms with E-state index < -0.39 is 36.8 Å². The fraction of sp³-hybridized carbons (Fsp3) is 0.286. The van der Waals surface area contributed by atoms with Gasteiger partial charge in [0.2, 0.25) is 0 Å². The Morgan fingerprint density at radius 3 is 2.45 bits per heavy atom. The maximum absolute atomic E-state index is 12.7. The van der Waals surface area contributed by atoms with Gasteiger partial charge in [-0.1, -0.05) is 18.2 Å².